The summed E-state index contributed by atoms with van der Waals surface area (Å²) in [5.74, 6) is -1.57. The predicted octanol–water partition coefficient (Wildman–Crippen LogP) is 5.19. The van der Waals surface area contributed by atoms with Crippen LogP contribution in [0.4, 0.5) is 24.2 Å². The van der Waals surface area contributed by atoms with Crippen LogP contribution in [-0.2, 0) is 11.3 Å². The zero-order valence-corrected chi connectivity index (χ0v) is 20.8. The van der Waals surface area contributed by atoms with Crippen LogP contribution in [0, 0.1) is 11.6 Å². The summed E-state index contributed by atoms with van der Waals surface area (Å²) in [6.45, 7) is -0.412. The lowest BCUT2D eigenvalue weighted by Gasteiger charge is -2.28. The number of carbonyl (C=O) groups excluding carboxylic acids is 2. The summed E-state index contributed by atoms with van der Waals surface area (Å²) in [5, 5.41) is 18.3. The molecular formula is C25H27ClF2N4O5. The number of amides is 3. The molecule has 0 saturated carbocycles. The quantitative estimate of drug-likeness (QED) is 0.290. The molecule has 1 heterocycles. The van der Waals surface area contributed by atoms with E-state index in [2.05, 4.69) is 15.8 Å². The maximum atomic E-state index is 13.9. The van der Waals surface area contributed by atoms with Crippen LogP contribution in [0.3, 0.4) is 0 Å². The maximum Gasteiger partial charge on any atom is 0.412 e. The third kappa shape index (κ3) is 7.89. The van der Waals surface area contributed by atoms with Crippen LogP contribution < -0.4 is 10.6 Å². The van der Waals surface area contributed by atoms with Crippen molar-refractivity contribution in [1.82, 2.24) is 15.4 Å². The molecule has 1 aromatic heterocycles. The van der Waals surface area contributed by atoms with Gasteiger partial charge in [0.1, 0.15) is 6.61 Å². The van der Waals surface area contributed by atoms with Crippen molar-refractivity contribution in [3.05, 3.63) is 70.8 Å². The van der Waals surface area contributed by atoms with E-state index in [1.54, 1.807) is 24.3 Å². The lowest BCUT2D eigenvalue weighted by Crippen LogP contribution is -2.46. The first-order valence-electron chi connectivity index (χ1n) is 11.5. The molecule has 0 fully saturated rings. The highest BCUT2D eigenvalue weighted by Gasteiger charge is 2.22. The zero-order chi connectivity index (χ0) is 26.8. The van der Waals surface area contributed by atoms with E-state index in [1.807, 2.05) is 0 Å². The van der Waals surface area contributed by atoms with E-state index in [0.29, 0.717) is 35.6 Å². The summed E-state index contributed by atoms with van der Waals surface area (Å²) in [5.41, 5.74) is 0.603. The Morgan fingerprint density at radius 3 is 2.73 bits per heavy atom. The number of likely N-dealkylation sites (N-methyl/N-ethyl adjacent to an activating group) is 1. The number of hydrogen-bond acceptors (Lipinski definition) is 6. The predicted molar refractivity (Wildman–Crippen MR) is 133 cm³/mol. The van der Waals surface area contributed by atoms with Crippen LogP contribution in [0.25, 0.3) is 11.3 Å². The number of ether oxygens (including phenoxy) is 1. The Morgan fingerprint density at radius 1 is 1.19 bits per heavy atom. The van der Waals surface area contributed by atoms with Gasteiger partial charge in [0, 0.05) is 37.4 Å². The Balaban J connectivity index is 1.56. The molecule has 0 spiro atoms. The first-order valence-corrected chi connectivity index (χ1v) is 11.9. The molecule has 0 aliphatic heterocycles. The summed E-state index contributed by atoms with van der Waals surface area (Å²) >= 11 is 6.15. The van der Waals surface area contributed by atoms with Crippen LogP contribution in [-0.4, -0.2) is 53.6 Å². The number of urea groups is 1. The van der Waals surface area contributed by atoms with Gasteiger partial charge in [-0.05, 0) is 37.5 Å². The third-order valence-electron chi connectivity index (χ3n) is 5.56. The maximum absolute atomic E-state index is 13.9. The van der Waals surface area contributed by atoms with Gasteiger partial charge in [-0.3, -0.25) is 5.32 Å². The van der Waals surface area contributed by atoms with E-state index in [0.717, 1.165) is 6.07 Å². The normalized spacial score (nSPS) is 11.6. The smallest absolute Gasteiger partial charge is 0.412 e. The van der Waals surface area contributed by atoms with Gasteiger partial charge in [0.25, 0.3) is 0 Å². The molecule has 0 aliphatic carbocycles. The first-order chi connectivity index (χ1) is 17.8. The van der Waals surface area contributed by atoms with Crippen LogP contribution in [0.5, 0.6) is 0 Å². The van der Waals surface area contributed by atoms with Gasteiger partial charge in [-0.15, -0.1) is 0 Å². The molecule has 0 radical (unpaired) electrons. The Morgan fingerprint density at radius 2 is 1.97 bits per heavy atom. The van der Waals surface area contributed by atoms with Crippen molar-refractivity contribution in [2.45, 2.75) is 31.8 Å². The molecule has 1 atom stereocenters. The average molecular weight is 537 g/mol. The number of aromatic nitrogens is 1. The number of carbonyl (C=O) groups is 2. The number of nitrogens with one attached hydrogen (secondary N) is 2. The van der Waals surface area contributed by atoms with Crippen LogP contribution in [0.2, 0.25) is 5.02 Å². The fourth-order valence-corrected chi connectivity index (χ4v) is 3.69. The molecule has 3 N–H and O–H groups in total. The summed E-state index contributed by atoms with van der Waals surface area (Å²) in [7, 11) is 1.50. The summed E-state index contributed by atoms with van der Waals surface area (Å²) in [6, 6.07) is 11.1. The van der Waals surface area contributed by atoms with Crippen molar-refractivity contribution in [2.24, 2.45) is 0 Å². The molecule has 0 saturated heterocycles. The van der Waals surface area contributed by atoms with Crippen molar-refractivity contribution in [3.63, 3.8) is 0 Å². The van der Waals surface area contributed by atoms with Gasteiger partial charge >= 0.3 is 12.1 Å². The molecule has 3 rings (SSSR count). The van der Waals surface area contributed by atoms with E-state index in [-0.39, 0.29) is 31.1 Å². The number of benzene rings is 2. The van der Waals surface area contributed by atoms with Crippen molar-refractivity contribution in [1.29, 1.82) is 0 Å². The Labute approximate surface area is 217 Å². The molecular weight excluding hydrogens is 510 g/mol. The molecule has 37 heavy (non-hydrogen) atoms. The molecule has 0 bridgehead atoms. The van der Waals surface area contributed by atoms with Crippen LogP contribution in [0.15, 0.2) is 53.1 Å². The van der Waals surface area contributed by atoms with Gasteiger partial charge in [0.2, 0.25) is 0 Å². The Hall–Kier alpha value is -3.70. The zero-order valence-electron chi connectivity index (χ0n) is 20.0. The van der Waals surface area contributed by atoms with Gasteiger partial charge in [0.05, 0.1) is 11.1 Å². The minimum Gasteiger partial charge on any atom is -0.447 e. The van der Waals surface area contributed by atoms with E-state index in [4.69, 9.17) is 26.0 Å². The molecule has 3 aromatic rings. The van der Waals surface area contributed by atoms with Gasteiger partial charge in [-0.2, -0.15) is 0 Å². The number of halogens is 3. The van der Waals surface area contributed by atoms with E-state index in [9.17, 15) is 18.4 Å². The lowest BCUT2D eigenvalue weighted by molar-refractivity contribution is 0.112. The van der Waals surface area contributed by atoms with Gasteiger partial charge in [0.15, 0.2) is 23.2 Å². The van der Waals surface area contributed by atoms with Gasteiger partial charge in [-0.1, -0.05) is 41.0 Å². The van der Waals surface area contributed by atoms with Crippen molar-refractivity contribution in [3.8, 4) is 11.3 Å². The third-order valence-corrected chi connectivity index (χ3v) is 5.89. The molecule has 2 aromatic carbocycles. The number of hydrogen-bond donors (Lipinski definition) is 3. The fourth-order valence-electron chi connectivity index (χ4n) is 3.46. The fraction of sp³-hybridized carbons (Fsp3) is 0.320. The number of nitrogens with zero attached hydrogens (tertiary/aromatic N) is 2. The van der Waals surface area contributed by atoms with E-state index < -0.39 is 29.8 Å². The summed E-state index contributed by atoms with van der Waals surface area (Å²) in [6.07, 6.45) is 0.664. The number of rotatable bonds is 11. The highest BCUT2D eigenvalue weighted by Crippen LogP contribution is 2.29. The second-order valence-electron chi connectivity index (χ2n) is 8.14. The minimum absolute atomic E-state index is 0.00187. The SMILES string of the molecule is CN(C(=O)NCc1cccc(F)c1F)[C@@H](CCCCO)COC(=O)Nc1cc(-c2ccccc2Cl)on1. The number of aliphatic hydroxyl groups excluding tert-OH is 1. The van der Waals surface area contributed by atoms with Crippen molar-refractivity contribution < 1.29 is 32.7 Å². The Kier molecular flexibility index (Phi) is 10.2. The number of anilines is 1. The second-order valence-corrected chi connectivity index (χ2v) is 8.54. The highest BCUT2D eigenvalue weighted by atomic mass is 35.5. The molecule has 0 aliphatic rings. The van der Waals surface area contributed by atoms with Gasteiger partial charge in [-0.25, -0.2) is 18.4 Å². The second kappa shape index (κ2) is 13.6. The van der Waals surface area contributed by atoms with Crippen LogP contribution >= 0.6 is 11.6 Å². The molecule has 0 unspecified atom stereocenters. The standard InChI is InChI=1S/C25H27ClF2N4O5/c1-32(24(34)29-14-16-7-6-11-20(27)23(16)28)17(8-4-5-12-33)15-36-25(35)30-22-13-21(37-31-22)18-9-2-3-10-19(18)26/h2-3,6-7,9-11,13,17,33H,4-5,8,12,14-15H2,1H3,(H,29,34)(H,30,31,35)/t17-/m0/s1. The minimum atomic E-state index is -1.03. The molecule has 3 amide bonds. The summed E-state index contributed by atoms with van der Waals surface area (Å²) < 4.78 is 37.8. The van der Waals surface area contributed by atoms with E-state index >= 15 is 0 Å². The Bertz CT molecular complexity index is 1210. The topological polar surface area (TPSA) is 117 Å². The van der Waals surface area contributed by atoms with Crippen molar-refractivity contribution in [2.75, 3.05) is 25.6 Å². The average Bonchev–Trinajstić information content (AvgIpc) is 3.34. The largest absolute Gasteiger partial charge is 0.447 e. The first kappa shape index (κ1) is 27.9. The molecule has 12 heteroatoms. The van der Waals surface area contributed by atoms with Crippen molar-refractivity contribution >= 4 is 29.5 Å². The van der Waals surface area contributed by atoms with Gasteiger partial charge < -0.3 is 24.6 Å². The number of unbranched alkanes of at least 4 members (excludes halogenated alkanes) is 1. The monoisotopic (exact) mass is 536 g/mol. The molecule has 9 nitrogen and oxygen atoms in total. The van der Waals surface area contributed by atoms with Crippen LogP contribution in [0.1, 0.15) is 24.8 Å². The summed E-state index contributed by atoms with van der Waals surface area (Å²) in [4.78, 5) is 26.3. The lowest BCUT2D eigenvalue weighted by atomic mass is 10.1. The number of aliphatic hydroxyl groups is 1. The highest BCUT2D eigenvalue weighted by molar-refractivity contribution is 6.33. The van der Waals surface area contributed by atoms with E-state index in [1.165, 1.54) is 30.1 Å². The molecule has 198 valence electrons.